The quantitative estimate of drug-likeness (QED) is 0.603. The van der Waals surface area contributed by atoms with Gasteiger partial charge in [-0.15, -0.1) is 6.58 Å². The highest BCUT2D eigenvalue weighted by Crippen LogP contribution is 1.93. The first-order valence-corrected chi connectivity index (χ1v) is 4.11. The molecule has 1 atom stereocenters. The van der Waals surface area contributed by atoms with Crippen molar-refractivity contribution in [1.29, 1.82) is 0 Å². The Morgan fingerprint density at radius 1 is 1.73 bits per heavy atom. The third kappa shape index (κ3) is 5.64. The molecule has 0 fully saturated rings. The van der Waals surface area contributed by atoms with Gasteiger partial charge < -0.3 is 5.32 Å². The van der Waals surface area contributed by atoms with Crippen molar-refractivity contribution in [2.24, 2.45) is 0 Å². The predicted octanol–water partition coefficient (Wildman–Crippen LogP) is 1.87. The van der Waals surface area contributed by atoms with Crippen LogP contribution in [0.5, 0.6) is 0 Å². The number of amides is 1. The average Bonchev–Trinajstić information content (AvgIpc) is 1.87. The third-order valence-corrected chi connectivity index (χ3v) is 1.40. The van der Waals surface area contributed by atoms with Crippen LogP contribution >= 0.6 is 0 Å². The highest BCUT2D eigenvalue weighted by molar-refractivity contribution is 5.76. The summed E-state index contributed by atoms with van der Waals surface area (Å²) in [5, 5.41) is 2.87. The van der Waals surface area contributed by atoms with Crippen molar-refractivity contribution in [3.8, 4) is 0 Å². The number of rotatable bonds is 5. The van der Waals surface area contributed by atoms with E-state index in [9.17, 15) is 4.79 Å². The van der Waals surface area contributed by atoms with Gasteiger partial charge in [0.15, 0.2) is 0 Å². The van der Waals surface area contributed by atoms with Gasteiger partial charge in [0, 0.05) is 12.5 Å². The lowest BCUT2D eigenvalue weighted by atomic mass is 10.2. The molecule has 0 spiro atoms. The van der Waals surface area contributed by atoms with Crippen LogP contribution in [-0.2, 0) is 4.79 Å². The van der Waals surface area contributed by atoms with Gasteiger partial charge in [-0.2, -0.15) is 0 Å². The molecular weight excluding hydrogens is 138 g/mol. The number of carbonyl (C=O) groups excluding carboxylic acids is 1. The van der Waals surface area contributed by atoms with E-state index in [4.69, 9.17) is 0 Å². The molecule has 2 nitrogen and oxygen atoms in total. The van der Waals surface area contributed by atoms with E-state index in [0.29, 0.717) is 6.42 Å². The Morgan fingerprint density at radius 2 is 2.36 bits per heavy atom. The van der Waals surface area contributed by atoms with E-state index in [-0.39, 0.29) is 11.9 Å². The van der Waals surface area contributed by atoms with Gasteiger partial charge in [0.2, 0.25) is 5.91 Å². The van der Waals surface area contributed by atoms with Crippen molar-refractivity contribution in [1.82, 2.24) is 5.32 Å². The van der Waals surface area contributed by atoms with Gasteiger partial charge in [-0.05, 0) is 19.8 Å². The summed E-state index contributed by atoms with van der Waals surface area (Å²) in [5.41, 5.74) is 0. The number of hydrogen-bond acceptors (Lipinski definition) is 1. The molecule has 0 rings (SSSR count). The van der Waals surface area contributed by atoms with Gasteiger partial charge in [-0.25, -0.2) is 0 Å². The maximum Gasteiger partial charge on any atom is 0.220 e. The van der Waals surface area contributed by atoms with E-state index < -0.39 is 0 Å². The van der Waals surface area contributed by atoms with Crippen molar-refractivity contribution >= 4 is 5.91 Å². The maximum atomic E-state index is 11.0. The van der Waals surface area contributed by atoms with Crippen molar-refractivity contribution in [2.75, 3.05) is 0 Å². The summed E-state index contributed by atoms with van der Waals surface area (Å²) < 4.78 is 0. The summed E-state index contributed by atoms with van der Waals surface area (Å²) in [6, 6.07) is 0.228. The van der Waals surface area contributed by atoms with Gasteiger partial charge in [0.1, 0.15) is 0 Å². The van der Waals surface area contributed by atoms with E-state index in [2.05, 4.69) is 11.9 Å². The third-order valence-electron chi connectivity index (χ3n) is 1.40. The molecule has 1 N–H and O–H groups in total. The zero-order chi connectivity index (χ0) is 8.69. The minimum Gasteiger partial charge on any atom is -0.353 e. The molecule has 11 heavy (non-hydrogen) atoms. The molecule has 0 bridgehead atoms. The first kappa shape index (κ1) is 10.2. The Labute approximate surface area is 68.7 Å². The van der Waals surface area contributed by atoms with Crippen molar-refractivity contribution in [2.45, 2.75) is 39.2 Å². The van der Waals surface area contributed by atoms with Crippen LogP contribution in [0.25, 0.3) is 0 Å². The molecule has 0 aliphatic rings. The highest BCUT2D eigenvalue weighted by Gasteiger charge is 2.02. The van der Waals surface area contributed by atoms with Gasteiger partial charge >= 0.3 is 0 Å². The molecule has 0 aromatic rings. The lowest BCUT2D eigenvalue weighted by Gasteiger charge is -2.10. The van der Waals surface area contributed by atoms with Gasteiger partial charge in [-0.3, -0.25) is 4.79 Å². The molecule has 0 heterocycles. The largest absolute Gasteiger partial charge is 0.353 e. The summed E-state index contributed by atoms with van der Waals surface area (Å²) in [6.45, 7) is 7.58. The van der Waals surface area contributed by atoms with E-state index in [0.717, 1.165) is 12.8 Å². The smallest absolute Gasteiger partial charge is 0.220 e. The normalized spacial score (nSPS) is 12.2. The standard InChI is InChI=1S/C9H17NO/c1-4-6-8(3)10-9(11)7-5-2/h4,8H,1,5-7H2,2-3H3,(H,10,11). The highest BCUT2D eigenvalue weighted by atomic mass is 16.1. The molecule has 0 saturated carbocycles. The molecule has 0 saturated heterocycles. The summed E-state index contributed by atoms with van der Waals surface area (Å²) in [4.78, 5) is 11.0. The Balaban J connectivity index is 3.48. The number of nitrogens with one attached hydrogen (secondary N) is 1. The van der Waals surface area contributed by atoms with E-state index in [1.165, 1.54) is 0 Å². The van der Waals surface area contributed by atoms with Crippen molar-refractivity contribution < 1.29 is 4.79 Å². The van der Waals surface area contributed by atoms with Gasteiger partial charge in [-0.1, -0.05) is 13.0 Å². The minimum atomic E-state index is 0.141. The zero-order valence-electron chi connectivity index (χ0n) is 7.39. The summed E-state index contributed by atoms with van der Waals surface area (Å²) in [6.07, 6.45) is 4.19. The Morgan fingerprint density at radius 3 is 2.82 bits per heavy atom. The number of carbonyl (C=O) groups is 1. The molecule has 64 valence electrons. The first-order chi connectivity index (χ1) is 5.20. The van der Waals surface area contributed by atoms with Crippen LogP contribution < -0.4 is 5.32 Å². The molecule has 0 aliphatic carbocycles. The average molecular weight is 155 g/mol. The van der Waals surface area contributed by atoms with Crippen LogP contribution in [-0.4, -0.2) is 11.9 Å². The second kappa shape index (κ2) is 5.96. The molecule has 1 unspecified atom stereocenters. The van der Waals surface area contributed by atoms with Crippen LogP contribution in [0.3, 0.4) is 0 Å². The fourth-order valence-electron chi connectivity index (χ4n) is 0.883. The zero-order valence-corrected chi connectivity index (χ0v) is 7.39. The summed E-state index contributed by atoms with van der Waals surface area (Å²) in [7, 11) is 0. The fourth-order valence-corrected chi connectivity index (χ4v) is 0.883. The van der Waals surface area contributed by atoms with Gasteiger partial charge in [0.05, 0.1) is 0 Å². The SMILES string of the molecule is C=CCC(C)NC(=O)CCC. The molecular formula is C9H17NO. The van der Waals surface area contributed by atoms with Crippen molar-refractivity contribution in [3.63, 3.8) is 0 Å². The Kier molecular flexibility index (Phi) is 5.53. The predicted molar refractivity (Wildman–Crippen MR) is 47.3 cm³/mol. The second-order valence-electron chi connectivity index (χ2n) is 2.74. The number of hydrogen-bond donors (Lipinski definition) is 1. The first-order valence-electron chi connectivity index (χ1n) is 4.11. The second-order valence-corrected chi connectivity index (χ2v) is 2.74. The van der Waals surface area contributed by atoms with Crippen LogP contribution in [0.1, 0.15) is 33.1 Å². The van der Waals surface area contributed by atoms with Gasteiger partial charge in [0.25, 0.3) is 0 Å². The van der Waals surface area contributed by atoms with Crippen LogP contribution in [0.15, 0.2) is 12.7 Å². The molecule has 0 aromatic heterocycles. The minimum absolute atomic E-state index is 0.141. The van der Waals surface area contributed by atoms with Crippen LogP contribution in [0, 0.1) is 0 Å². The molecule has 0 radical (unpaired) electrons. The van der Waals surface area contributed by atoms with Crippen LogP contribution in [0.2, 0.25) is 0 Å². The van der Waals surface area contributed by atoms with E-state index >= 15 is 0 Å². The van der Waals surface area contributed by atoms with E-state index in [1.807, 2.05) is 19.9 Å². The van der Waals surface area contributed by atoms with Crippen molar-refractivity contribution in [3.05, 3.63) is 12.7 Å². The summed E-state index contributed by atoms with van der Waals surface area (Å²) in [5.74, 6) is 0.141. The molecule has 2 heteroatoms. The lowest BCUT2D eigenvalue weighted by Crippen LogP contribution is -2.31. The van der Waals surface area contributed by atoms with Crippen LogP contribution in [0.4, 0.5) is 0 Å². The topological polar surface area (TPSA) is 29.1 Å². The molecule has 0 aromatic carbocycles. The summed E-state index contributed by atoms with van der Waals surface area (Å²) >= 11 is 0. The monoisotopic (exact) mass is 155 g/mol. The maximum absolute atomic E-state index is 11.0. The Hall–Kier alpha value is -0.790. The molecule has 0 aliphatic heterocycles. The molecule has 1 amide bonds. The fraction of sp³-hybridized carbons (Fsp3) is 0.667. The van der Waals surface area contributed by atoms with E-state index in [1.54, 1.807) is 0 Å². The Bertz CT molecular complexity index is 132. The lowest BCUT2D eigenvalue weighted by molar-refractivity contribution is -0.121.